The highest BCUT2D eigenvalue weighted by molar-refractivity contribution is 5.98. The lowest BCUT2D eigenvalue weighted by atomic mass is 9.92. The molecule has 0 saturated carbocycles. The Balaban J connectivity index is 1.87. The largest absolute Gasteiger partial charge is 0.573 e. The third-order valence-electron chi connectivity index (χ3n) is 5.66. The number of fused-ring (bicyclic) bond motifs is 1. The molecule has 1 aromatic carbocycles. The highest BCUT2D eigenvalue weighted by atomic mass is 19.4. The van der Waals surface area contributed by atoms with E-state index in [4.69, 9.17) is 0 Å². The minimum absolute atomic E-state index is 0.127. The maximum atomic E-state index is 12.8. The van der Waals surface area contributed by atoms with E-state index in [0.717, 1.165) is 0 Å². The van der Waals surface area contributed by atoms with Gasteiger partial charge in [0.2, 0.25) is 0 Å². The number of carboxylic acids is 1. The Hall–Kier alpha value is -3.53. The van der Waals surface area contributed by atoms with Crippen LogP contribution in [0.1, 0.15) is 35.1 Å². The fourth-order valence-corrected chi connectivity index (χ4v) is 4.21. The third kappa shape index (κ3) is 4.65. The van der Waals surface area contributed by atoms with E-state index in [1.54, 1.807) is 34.9 Å². The zero-order chi connectivity index (χ0) is 23.8. The van der Waals surface area contributed by atoms with Gasteiger partial charge in [-0.1, -0.05) is 30.4 Å². The van der Waals surface area contributed by atoms with Crippen LogP contribution in [0.3, 0.4) is 0 Å². The van der Waals surface area contributed by atoms with Crippen LogP contribution in [0, 0.1) is 5.92 Å². The number of aliphatic hydroxyl groups excluding tert-OH is 1. The van der Waals surface area contributed by atoms with Gasteiger partial charge >= 0.3 is 12.3 Å². The number of alkyl halides is 3. The van der Waals surface area contributed by atoms with Crippen molar-refractivity contribution >= 4 is 17.4 Å². The van der Waals surface area contributed by atoms with Crippen LogP contribution >= 0.6 is 0 Å². The molecule has 33 heavy (non-hydrogen) atoms. The van der Waals surface area contributed by atoms with Gasteiger partial charge in [0.1, 0.15) is 11.4 Å². The molecule has 0 bridgehead atoms. The van der Waals surface area contributed by atoms with Gasteiger partial charge in [0.05, 0.1) is 17.7 Å². The van der Waals surface area contributed by atoms with Gasteiger partial charge in [0, 0.05) is 18.7 Å². The maximum Gasteiger partial charge on any atom is 0.573 e. The summed E-state index contributed by atoms with van der Waals surface area (Å²) in [5, 5.41) is 21.6. The Morgan fingerprint density at radius 1 is 1.27 bits per heavy atom. The number of nitrogens with zero attached hydrogens (tertiary/aromatic N) is 1. The van der Waals surface area contributed by atoms with Gasteiger partial charge in [0.15, 0.2) is 0 Å². The lowest BCUT2D eigenvalue weighted by Crippen LogP contribution is -2.39. The topological polar surface area (TPSA) is 101 Å². The van der Waals surface area contributed by atoms with E-state index < -0.39 is 24.0 Å². The molecule has 174 valence electrons. The van der Waals surface area contributed by atoms with E-state index in [0.29, 0.717) is 34.5 Å². The van der Waals surface area contributed by atoms with Gasteiger partial charge < -0.3 is 24.8 Å². The molecule has 1 aliphatic carbocycles. The van der Waals surface area contributed by atoms with Crippen LogP contribution in [0.15, 0.2) is 48.6 Å². The van der Waals surface area contributed by atoms with Crippen molar-refractivity contribution in [3.8, 4) is 16.9 Å². The Kier molecular flexibility index (Phi) is 6.03. The molecule has 1 aromatic heterocycles. The number of hydrogen-bond donors (Lipinski definition) is 3. The van der Waals surface area contributed by atoms with Gasteiger partial charge in [-0.2, -0.15) is 0 Å². The quantitative estimate of drug-likeness (QED) is 0.607. The number of aliphatic carboxylic acids is 1. The van der Waals surface area contributed by atoms with Crippen molar-refractivity contribution in [2.75, 3.05) is 13.2 Å². The molecule has 2 unspecified atom stereocenters. The molecule has 0 saturated heterocycles. The lowest BCUT2D eigenvalue weighted by molar-refractivity contribution is -0.274. The van der Waals surface area contributed by atoms with Gasteiger partial charge in [-0.3, -0.25) is 9.59 Å². The maximum absolute atomic E-state index is 12.8. The number of allylic oxidation sites excluding steroid dienone is 3. The van der Waals surface area contributed by atoms with Gasteiger partial charge in [-0.25, -0.2) is 0 Å². The predicted molar refractivity (Wildman–Crippen MR) is 112 cm³/mol. The smallest absolute Gasteiger partial charge is 0.481 e. The molecule has 10 heteroatoms. The summed E-state index contributed by atoms with van der Waals surface area (Å²) in [6.07, 6.45) is 0.661. The van der Waals surface area contributed by atoms with E-state index in [1.807, 2.05) is 0 Å². The molecule has 0 fully saturated rings. The number of carboxylic acid groups (broad SMARTS) is 1. The van der Waals surface area contributed by atoms with Crippen molar-refractivity contribution in [2.24, 2.45) is 5.92 Å². The number of ether oxygens (including phenoxy) is 1. The summed E-state index contributed by atoms with van der Waals surface area (Å²) >= 11 is 0. The first-order valence-electron chi connectivity index (χ1n) is 10.3. The number of amides is 1. The molecular formula is C23H21F3N2O5. The number of hydrogen-bond acceptors (Lipinski definition) is 4. The molecule has 3 N–H and O–H groups in total. The van der Waals surface area contributed by atoms with E-state index in [9.17, 15) is 33.0 Å². The van der Waals surface area contributed by atoms with Crippen LogP contribution in [0.25, 0.3) is 16.7 Å². The summed E-state index contributed by atoms with van der Waals surface area (Å²) in [4.78, 5) is 24.0. The van der Waals surface area contributed by atoms with Crippen LogP contribution in [-0.2, 0) is 4.79 Å². The van der Waals surface area contributed by atoms with Gasteiger partial charge in [0.25, 0.3) is 5.91 Å². The van der Waals surface area contributed by atoms with Crippen molar-refractivity contribution in [1.82, 2.24) is 9.88 Å². The first kappa shape index (κ1) is 22.7. The number of halogens is 3. The fraction of sp³-hybridized carbons (Fsp3) is 0.304. The van der Waals surface area contributed by atoms with E-state index in [2.05, 4.69) is 10.1 Å². The van der Waals surface area contributed by atoms with Crippen molar-refractivity contribution < 1.29 is 37.7 Å². The molecule has 2 aromatic rings. The predicted octanol–water partition coefficient (Wildman–Crippen LogP) is 3.76. The number of rotatable bonds is 6. The molecule has 2 atom stereocenters. The lowest BCUT2D eigenvalue weighted by Gasteiger charge is -2.29. The third-order valence-corrected chi connectivity index (χ3v) is 5.66. The van der Waals surface area contributed by atoms with Crippen LogP contribution in [-0.4, -0.2) is 46.2 Å². The summed E-state index contributed by atoms with van der Waals surface area (Å²) < 4.78 is 44.1. The minimum atomic E-state index is -4.85. The van der Waals surface area contributed by atoms with Gasteiger partial charge in [-0.05, 0) is 42.2 Å². The Bertz CT molecular complexity index is 1150. The van der Waals surface area contributed by atoms with Crippen LogP contribution in [0.5, 0.6) is 5.75 Å². The summed E-state index contributed by atoms with van der Waals surface area (Å²) in [5.41, 5.74) is 2.43. The van der Waals surface area contributed by atoms with E-state index in [1.165, 1.54) is 18.2 Å². The summed E-state index contributed by atoms with van der Waals surface area (Å²) in [6.45, 7) is 0.150. The molecule has 0 radical (unpaired) electrons. The molecule has 2 heterocycles. The molecule has 1 aliphatic heterocycles. The molecular weight excluding hydrogens is 441 g/mol. The van der Waals surface area contributed by atoms with Crippen LogP contribution in [0.4, 0.5) is 13.2 Å². The average Bonchev–Trinajstić information content (AvgIpc) is 3.17. The van der Waals surface area contributed by atoms with Crippen molar-refractivity contribution in [2.45, 2.75) is 25.2 Å². The summed E-state index contributed by atoms with van der Waals surface area (Å²) in [5.74, 6) is -2.39. The van der Waals surface area contributed by atoms with Crippen molar-refractivity contribution in [3.63, 3.8) is 0 Å². The molecule has 7 nitrogen and oxygen atoms in total. The zero-order valence-corrected chi connectivity index (χ0v) is 17.3. The first-order chi connectivity index (χ1) is 15.7. The zero-order valence-electron chi connectivity index (χ0n) is 17.3. The van der Waals surface area contributed by atoms with E-state index in [-0.39, 0.29) is 31.5 Å². The molecule has 0 spiro atoms. The Morgan fingerprint density at radius 3 is 2.70 bits per heavy atom. The summed E-state index contributed by atoms with van der Waals surface area (Å²) in [6, 6.07) is 6.77. The number of carbonyl (C=O) groups is 2. The average molecular weight is 462 g/mol. The Morgan fingerprint density at radius 2 is 2.06 bits per heavy atom. The van der Waals surface area contributed by atoms with Crippen LogP contribution in [0.2, 0.25) is 0 Å². The van der Waals surface area contributed by atoms with Crippen LogP contribution < -0.4 is 10.1 Å². The number of benzene rings is 1. The first-order valence-corrected chi connectivity index (χ1v) is 10.3. The number of nitrogens with one attached hydrogen (secondary N) is 1. The minimum Gasteiger partial charge on any atom is -0.481 e. The second kappa shape index (κ2) is 8.78. The summed E-state index contributed by atoms with van der Waals surface area (Å²) in [7, 11) is 0. The normalized spacial score (nSPS) is 20.1. The number of carbonyl (C=O) groups excluding carboxylic acids is 1. The van der Waals surface area contributed by atoms with Gasteiger partial charge in [-0.15, -0.1) is 13.2 Å². The molecule has 4 rings (SSSR count). The highest BCUT2D eigenvalue weighted by Crippen LogP contribution is 2.40. The number of aliphatic hydroxyl groups is 1. The molecule has 1 amide bonds. The highest BCUT2D eigenvalue weighted by Gasteiger charge is 2.33. The second-order valence-corrected chi connectivity index (χ2v) is 7.81. The monoisotopic (exact) mass is 462 g/mol. The van der Waals surface area contributed by atoms with E-state index >= 15 is 0 Å². The Labute approximate surface area is 186 Å². The van der Waals surface area contributed by atoms with Crippen molar-refractivity contribution in [1.29, 1.82) is 0 Å². The SMILES string of the molecule is O=C1NCC(CCO)n2c1cc(-c1cccc(OC(F)(F)F)c1)c2C1=CCC(C(=O)O)C=C1. The molecule has 2 aliphatic rings. The second-order valence-electron chi connectivity index (χ2n) is 7.81. The fourth-order valence-electron chi connectivity index (χ4n) is 4.21. The number of aromatic nitrogens is 1. The standard InChI is InChI=1S/C23H21F3N2O5/c24-23(25,26)33-17-3-1-2-15(10-17)18-11-19-21(30)27-12-16(8-9-29)28(19)20(18)13-4-6-14(7-5-13)22(31)32/h1-6,10-11,14,16,29H,7-9,12H2,(H,27,30)(H,31,32). The van der Waals surface area contributed by atoms with Crippen molar-refractivity contribution in [3.05, 3.63) is 59.9 Å².